The number of anilines is 1. The van der Waals surface area contributed by atoms with Crippen molar-refractivity contribution in [2.24, 2.45) is 0 Å². The maximum atomic E-state index is 6.16. The topological polar surface area (TPSA) is 47.0 Å². The molecule has 21 heavy (non-hydrogen) atoms. The molecule has 1 N–H and O–H groups in total. The van der Waals surface area contributed by atoms with Crippen LogP contribution in [0.5, 0.6) is 5.88 Å². The van der Waals surface area contributed by atoms with Crippen molar-refractivity contribution in [2.45, 2.75) is 32.3 Å². The van der Waals surface area contributed by atoms with Gasteiger partial charge in [-0.2, -0.15) is 4.98 Å². The van der Waals surface area contributed by atoms with E-state index in [4.69, 9.17) is 16.3 Å². The zero-order chi connectivity index (χ0) is 14.8. The third kappa shape index (κ3) is 3.10. The predicted octanol–water partition coefficient (Wildman–Crippen LogP) is 3.94. The lowest BCUT2D eigenvalue weighted by Crippen LogP contribution is -2.07. The van der Waals surface area contributed by atoms with Crippen molar-refractivity contribution in [1.29, 1.82) is 0 Å². The van der Waals surface area contributed by atoms with Crippen molar-refractivity contribution in [2.75, 3.05) is 12.4 Å². The van der Waals surface area contributed by atoms with Gasteiger partial charge in [0.1, 0.15) is 18.2 Å². The van der Waals surface area contributed by atoms with Crippen LogP contribution in [-0.4, -0.2) is 17.0 Å². The van der Waals surface area contributed by atoms with Gasteiger partial charge in [0, 0.05) is 23.6 Å². The monoisotopic (exact) mass is 303 g/mol. The zero-order valence-electron chi connectivity index (χ0n) is 12.2. The van der Waals surface area contributed by atoms with Gasteiger partial charge in [0.05, 0.1) is 5.56 Å². The summed E-state index contributed by atoms with van der Waals surface area (Å²) in [4.78, 5) is 9.13. The van der Waals surface area contributed by atoms with Gasteiger partial charge in [-0.05, 0) is 25.8 Å². The van der Waals surface area contributed by atoms with E-state index >= 15 is 0 Å². The maximum absolute atomic E-state index is 6.16. The Morgan fingerprint density at radius 1 is 1.29 bits per heavy atom. The van der Waals surface area contributed by atoms with Crippen LogP contribution in [0.3, 0.4) is 0 Å². The van der Waals surface area contributed by atoms with Crippen LogP contribution in [0.2, 0.25) is 5.02 Å². The normalized spacial score (nSPS) is 14.0. The first-order valence-corrected chi connectivity index (χ1v) is 7.49. The summed E-state index contributed by atoms with van der Waals surface area (Å²) in [5, 5.41) is 3.82. The standard InChI is InChI=1S/C16H18ClN3O/c1-10-14(18-2)19-15(11-7-8-11)20-16(10)21-9-12-5-3-4-6-13(12)17/h3-6,11H,7-9H2,1-2H3,(H,18,19,20). The van der Waals surface area contributed by atoms with Crippen molar-refractivity contribution in [1.82, 2.24) is 9.97 Å². The van der Waals surface area contributed by atoms with Crippen molar-refractivity contribution in [3.05, 3.63) is 46.2 Å². The quantitative estimate of drug-likeness (QED) is 0.909. The van der Waals surface area contributed by atoms with E-state index in [0.29, 0.717) is 23.4 Å². The van der Waals surface area contributed by atoms with Gasteiger partial charge in [-0.3, -0.25) is 0 Å². The molecule has 0 spiro atoms. The Morgan fingerprint density at radius 2 is 2.05 bits per heavy atom. The number of nitrogens with zero attached hydrogens (tertiary/aromatic N) is 2. The molecule has 1 aromatic heterocycles. The molecule has 4 nitrogen and oxygen atoms in total. The Bertz CT molecular complexity index is 656. The van der Waals surface area contributed by atoms with Crippen molar-refractivity contribution >= 4 is 17.4 Å². The highest BCUT2D eigenvalue weighted by atomic mass is 35.5. The van der Waals surface area contributed by atoms with Gasteiger partial charge >= 0.3 is 0 Å². The molecule has 3 rings (SSSR count). The summed E-state index contributed by atoms with van der Waals surface area (Å²) in [7, 11) is 1.86. The molecule has 0 bridgehead atoms. The summed E-state index contributed by atoms with van der Waals surface area (Å²) in [6.45, 7) is 2.37. The van der Waals surface area contributed by atoms with E-state index in [1.165, 1.54) is 0 Å². The summed E-state index contributed by atoms with van der Waals surface area (Å²) in [5.74, 6) is 2.83. The third-order valence-electron chi connectivity index (χ3n) is 3.62. The van der Waals surface area contributed by atoms with E-state index in [2.05, 4.69) is 15.3 Å². The van der Waals surface area contributed by atoms with E-state index in [9.17, 15) is 0 Å². The number of hydrogen-bond acceptors (Lipinski definition) is 4. The average Bonchev–Trinajstić information content (AvgIpc) is 3.32. The smallest absolute Gasteiger partial charge is 0.222 e. The Labute approximate surface area is 129 Å². The fraction of sp³-hybridized carbons (Fsp3) is 0.375. The van der Waals surface area contributed by atoms with Crippen LogP contribution in [0, 0.1) is 6.92 Å². The molecule has 5 heteroatoms. The van der Waals surface area contributed by atoms with E-state index in [1.54, 1.807) is 0 Å². The summed E-state index contributed by atoms with van der Waals surface area (Å²) < 4.78 is 5.89. The summed E-state index contributed by atoms with van der Waals surface area (Å²) in [6, 6.07) is 7.68. The highest BCUT2D eigenvalue weighted by Crippen LogP contribution is 2.40. The first-order valence-electron chi connectivity index (χ1n) is 7.11. The Hall–Kier alpha value is -1.81. The fourth-order valence-corrected chi connectivity index (χ4v) is 2.37. The lowest BCUT2D eigenvalue weighted by atomic mass is 10.2. The molecule has 1 fully saturated rings. The van der Waals surface area contributed by atoms with E-state index < -0.39 is 0 Å². The van der Waals surface area contributed by atoms with Crippen molar-refractivity contribution in [3.63, 3.8) is 0 Å². The molecule has 1 aliphatic rings. The highest BCUT2D eigenvalue weighted by molar-refractivity contribution is 6.31. The Morgan fingerprint density at radius 3 is 2.71 bits per heavy atom. The van der Waals surface area contributed by atoms with Gasteiger partial charge in [-0.1, -0.05) is 29.8 Å². The number of aromatic nitrogens is 2. The van der Waals surface area contributed by atoms with Crippen LogP contribution in [0.1, 0.15) is 35.7 Å². The van der Waals surface area contributed by atoms with Crippen LogP contribution in [0.25, 0.3) is 0 Å². The summed E-state index contributed by atoms with van der Waals surface area (Å²) in [5.41, 5.74) is 1.88. The van der Waals surface area contributed by atoms with Crippen LogP contribution >= 0.6 is 11.6 Å². The van der Waals surface area contributed by atoms with Crippen molar-refractivity contribution in [3.8, 4) is 5.88 Å². The van der Waals surface area contributed by atoms with E-state index in [1.807, 2.05) is 38.2 Å². The zero-order valence-corrected chi connectivity index (χ0v) is 12.9. The number of hydrogen-bond donors (Lipinski definition) is 1. The second-order valence-electron chi connectivity index (χ2n) is 5.26. The minimum absolute atomic E-state index is 0.408. The molecule has 0 amide bonds. The number of ether oxygens (including phenoxy) is 1. The summed E-state index contributed by atoms with van der Waals surface area (Å²) >= 11 is 6.16. The molecule has 0 saturated heterocycles. The van der Waals surface area contributed by atoms with Gasteiger partial charge in [0.25, 0.3) is 0 Å². The molecular formula is C16H18ClN3O. The number of benzene rings is 1. The van der Waals surface area contributed by atoms with Gasteiger partial charge in [-0.15, -0.1) is 0 Å². The Balaban J connectivity index is 1.84. The second-order valence-corrected chi connectivity index (χ2v) is 5.67. The molecule has 0 unspecified atom stereocenters. The van der Waals surface area contributed by atoms with E-state index in [-0.39, 0.29) is 0 Å². The maximum Gasteiger partial charge on any atom is 0.222 e. The second kappa shape index (κ2) is 5.90. The first-order chi connectivity index (χ1) is 10.2. The number of rotatable bonds is 5. The molecule has 1 aromatic carbocycles. The largest absolute Gasteiger partial charge is 0.472 e. The van der Waals surface area contributed by atoms with E-state index in [0.717, 1.165) is 35.6 Å². The highest BCUT2D eigenvalue weighted by Gasteiger charge is 2.28. The number of halogens is 1. The van der Waals surface area contributed by atoms with Crippen LogP contribution in [0.4, 0.5) is 5.82 Å². The molecule has 0 atom stereocenters. The predicted molar refractivity (Wildman–Crippen MR) is 84.1 cm³/mol. The van der Waals surface area contributed by atoms with Crippen LogP contribution in [-0.2, 0) is 6.61 Å². The molecule has 0 aliphatic heterocycles. The minimum atomic E-state index is 0.408. The molecule has 0 radical (unpaired) electrons. The lowest BCUT2D eigenvalue weighted by Gasteiger charge is -2.13. The molecule has 1 saturated carbocycles. The lowest BCUT2D eigenvalue weighted by molar-refractivity contribution is 0.290. The van der Waals surface area contributed by atoms with Gasteiger partial charge in [0.15, 0.2) is 0 Å². The molecule has 1 aliphatic carbocycles. The molecule has 1 heterocycles. The third-order valence-corrected chi connectivity index (χ3v) is 3.99. The summed E-state index contributed by atoms with van der Waals surface area (Å²) in [6.07, 6.45) is 2.33. The van der Waals surface area contributed by atoms with Crippen LogP contribution in [0.15, 0.2) is 24.3 Å². The number of nitrogens with one attached hydrogen (secondary N) is 1. The molecule has 2 aromatic rings. The first kappa shape index (κ1) is 14.1. The molecular weight excluding hydrogens is 286 g/mol. The van der Waals surface area contributed by atoms with Crippen LogP contribution < -0.4 is 10.1 Å². The molecule has 110 valence electrons. The van der Waals surface area contributed by atoms with Gasteiger partial charge in [-0.25, -0.2) is 4.98 Å². The Kier molecular flexibility index (Phi) is 3.97. The average molecular weight is 304 g/mol. The van der Waals surface area contributed by atoms with Gasteiger partial charge in [0.2, 0.25) is 5.88 Å². The SMILES string of the molecule is CNc1nc(C2CC2)nc(OCc2ccccc2Cl)c1C. The van der Waals surface area contributed by atoms with Gasteiger partial charge < -0.3 is 10.1 Å². The van der Waals surface area contributed by atoms with Crippen molar-refractivity contribution < 1.29 is 4.74 Å². The minimum Gasteiger partial charge on any atom is -0.472 e. The fourth-order valence-electron chi connectivity index (χ4n) is 2.18.